The first kappa shape index (κ1) is 11.2. The van der Waals surface area contributed by atoms with E-state index >= 15 is 0 Å². The first-order chi connectivity index (χ1) is 8.74. The molecule has 1 aliphatic heterocycles. The molecule has 5 nitrogen and oxygen atoms in total. The number of aromatic nitrogens is 2. The molecule has 1 amide bonds. The van der Waals surface area contributed by atoms with Gasteiger partial charge in [0.1, 0.15) is 5.00 Å². The van der Waals surface area contributed by atoms with Crippen molar-refractivity contribution in [1.82, 2.24) is 15.0 Å². The van der Waals surface area contributed by atoms with Crippen LogP contribution >= 0.6 is 11.3 Å². The van der Waals surface area contributed by atoms with Crippen molar-refractivity contribution in [2.24, 2.45) is 11.0 Å². The van der Waals surface area contributed by atoms with Crippen LogP contribution in [-0.4, -0.2) is 21.2 Å². The maximum atomic E-state index is 11.2. The molecule has 0 spiro atoms. The van der Waals surface area contributed by atoms with Crippen molar-refractivity contribution in [3.8, 4) is 5.00 Å². The van der Waals surface area contributed by atoms with E-state index in [0.717, 1.165) is 15.6 Å². The Hall–Kier alpha value is -1.95. The van der Waals surface area contributed by atoms with Crippen LogP contribution in [0.5, 0.6) is 0 Å². The van der Waals surface area contributed by atoms with E-state index in [9.17, 15) is 4.79 Å². The minimum Gasteiger partial charge on any atom is -0.298 e. The third-order valence-corrected chi connectivity index (χ3v) is 3.98. The summed E-state index contributed by atoms with van der Waals surface area (Å²) in [6.45, 7) is 2.02. The maximum absolute atomic E-state index is 11.2. The predicted octanol–water partition coefficient (Wildman–Crippen LogP) is 1.79. The molecule has 1 atom stereocenters. The van der Waals surface area contributed by atoms with Crippen molar-refractivity contribution in [2.75, 3.05) is 0 Å². The van der Waals surface area contributed by atoms with Gasteiger partial charge in [0, 0.05) is 24.7 Å². The molecule has 2 aromatic rings. The average Bonchev–Trinajstić information content (AvgIpc) is 2.99. The molecule has 0 fully saturated rings. The van der Waals surface area contributed by atoms with Gasteiger partial charge >= 0.3 is 0 Å². The minimum atomic E-state index is -0.0161. The number of rotatable bonds is 2. The molecule has 2 aromatic heterocycles. The lowest BCUT2D eigenvalue weighted by Gasteiger charge is -2.17. The summed E-state index contributed by atoms with van der Waals surface area (Å²) in [5, 5.41) is 5.25. The molecule has 0 saturated carbocycles. The topological polar surface area (TPSA) is 59.3 Å². The van der Waals surface area contributed by atoms with Crippen LogP contribution in [0.15, 0.2) is 36.0 Å². The van der Waals surface area contributed by atoms with Gasteiger partial charge in [-0.1, -0.05) is 6.92 Å². The summed E-state index contributed by atoms with van der Waals surface area (Å²) >= 11 is 1.64. The predicted molar refractivity (Wildman–Crippen MR) is 69.9 cm³/mol. The van der Waals surface area contributed by atoms with Crippen LogP contribution in [0.2, 0.25) is 0 Å². The highest BCUT2D eigenvalue weighted by Crippen LogP contribution is 2.25. The Bertz CT molecular complexity index is 599. The number of amides is 1. The number of thiophene rings is 1. The van der Waals surface area contributed by atoms with Gasteiger partial charge in [-0.25, -0.2) is 10.4 Å². The highest BCUT2D eigenvalue weighted by atomic mass is 32.1. The second kappa shape index (κ2) is 4.38. The van der Waals surface area contributed by atoms with Gasteiger partial charge < -0.3 is 0 Å². The summed E-state index contributed by atoms with van der Waals surface area (Å²) in [6, 6.07) is 4.07. The first-order valence-electron chi connectivity index (χ1n) is 5.69. The van der Waals surface area contributed by atoms with Gasteiger partial charge in [-0.2, -0.15) is 5.10 Å². The third-order valence-electron chi connectivity index (χ3n) is 2.86. The number of imidazole rings is 1. The summed E-state index contributed by atoms with van der Waals surface area (Å²) < 4.78 is 1.96. The molecule has 0 radical (unpaired) electrons. The molecule has 92 valence electrons. The van der Waals surface area contributed by atoms with E-state index in [0.29, 0.717) is 6.42 Å². The van der Waals surface area contributed by atoms with E-state index in [-0.39, 0.29) is 11.8 Å². The van der Waals surface area contributed by atoms with E-state index in [4.69, 9.17) is 0 Å². The number of nitrogens with one attached hydrogen (secondary N) is 1. The molecule has 0 aromatic carbocycles. The molecule has 0 aliphatic carbocycles. The van der Waals surface area contributed by atoms with Crippen LogP contribution in [-0.2, 0) is 4.79 Å². The lowest BCUT2D eigenvalue weighted by molar-refractivity contribution is -0.121. The van der Waals surface area contributed by atoms with Gasteiger partial charge in [0.05, 0.1) is 16.9 Å². The van der Waals surface area contributed by atoms with Crippen molar-refractivity contribution >= 4 is 23.0 Å². The van der Waals surface area contributed by atoms with E-state index < -0.39 is 0 Å². The highest BCUT2D eigenvalue weighted by molar-refractivity contribution is 7.16. The van der Waals surface area contributed by atoms with Gasteiger partial charge in [-0.15, -0.1) is 11.3 Å². The standard InChI is InChI=1S/C12H12N4OS/c1-8-6-10(17)14-15-12(8)9-2-3-11(18-9)16-5-4-13-7-16/h2-5,7-8H,6H2,1H3,(H,14,17). The van der Waals surface area contributed by atoms with Gasteiger partial charge in [-0.05, 0) is 12.1 Å². The van der Waals surface area contributed by atoms with Gasteiger partial charge in [0.2, 0.25) is 5.91 Å². The summed E-state index contributed by atoms with van der Waals surface area (Å²) in [5.41, 5.74) is 3.49. The van der Waals surface area contributed by atoms with Crippen LogP contribution in [0.3, 0.4) is 0 Å². The Balaban J connectivity index is 1.92. The number of hydrazone groups is 1. The van der Waals surface area contributed by atoms with E-state index in [1.54, 1.807) is 23.9 Å². The molecule has 6 heteroatoms. The smallest absolute Gasteiger partial charge is 0.240 e. The van der Waals surface area contributed by atoms with Gasteiger partial charge in [0.15, 0.2) is 0 Å². The quantitative estimate of drug-likeness (QED) is 0.895. The fourth-order valence-corrected chi connectivity index (χ4v) is 3.01. The lowest BCUT2D eigenvalue weighted by atomic mass is 9.99. The molecule has 3 heterocycles. The van der Waals surface area contributed by atoms with Crippen LogP contribution in [0, 0.1) is 5.92 Å². The van der Waals surface area contributed by atoms with Crippen LogP contribution in [0.1, 0.15) is 18.2 Å². The zero-order chi connectivity index (χ0) is 12.5. The Kier molecular flexibility index (Phi) is 2.71. The molecule has 3 rings (SSSR count). The van der Waals surface area contributed by atoms with Gasteiger partial charge in [0.25, 0.3) is 0 Å². The molecule has 0 saturated heterocycles. The molecule has 1 unspecified atom stereocenters. The van der Waals surface area contributed by atoms with Crippen LogP contribution in [0.4, 0.5) is 0 Å². The van der Waals surface area contributed by atoms with Crippen LogP contribution < -0.4 is 5.43 Å². The largest absolute Gasteiger partial charge is 0.298 e. The maximum Gasteiger partial charge on any atom is 0.240 e. The van der Waals surface area contributed by atoms with Crippen molar-refractivity contribution < 1.29 is 4.79 Å². The number of carbonyl (C=O) groups excluding carboxylic acids is 1. The molecule has 18 heavy (non-hydrogen) atoms. The highest BCUT2D eigenvalue weighted by Gasteiger charge is 2.22. The zero-order valence-electron chi connectivity index (χ0n) is 9.83. The molecule has 1 N–H and O–H groups in total. The SMILES string of the molecule is CC1CC(=O)NN=C1c1ccc(-n2ccnc2)s1. The fraction of sp³-hybridized carbons (Fsp3) is 0.250. The zero-order valence-corrected chi connectivity index (χ0v) is 10.6. The Morgan fingerprint density at radius 3 is 3.11 bits per heavy atom. The minimum absolute atomic E-state index is 0.0161. The first-order valence-corrected chi connectivity index (χ1v) is 6.50. The molecular formula is C12H12N4OS. The molecular weight excluding hydrogens is 248 g/mol. The summed E-state index contributed by atoms with van der Waals surface area (Å²) in [7, 11) is 0. The van der Waals surface area contributed by atoms with E-state index in [1.807, 2.05) is 29.8 Å². The molecule has 0 bridgehead atoms. The monoisotopic (exact) mass is 260 g/mol. The number of hydrogen-bond donors (Lipinski definition) is 1. The van der Waals surface area contributed by atoms with Crippen LogP contribution in [0.25, 0.3) is 5.00 Å². The second-order valence-electron chi connectivity index (χ2n) is 4.25. The summed E-state index contributed by atoms with van der Waals surface area (Å²) in [4.78, 5) is 16.3. The average molecular weight is 260 g/mol. The van der Waals surface area contributed by atoms with Crippen molar-refractivity contribution in [1.29, 1.82) is 0 Å². The number of carbonyl (C=O) groups is 1. The number of nitrogens with zero attached hydrogens (tertiary/aromatic N) is 3. The fourth-order valence-electron chi connectivity index (χ4n) is 1.94. The Morgan fingerprint density at radius 2 is 2.39 bits per heavy atom. The van der Waals surface area contributed by atoms with Crippen molar-refractivity contribution in [3.05, 3.63) is 35.7 Å². The lowest BCUT2D eigenvalue weighted by Crippen LogP contribution is -2.31. The normalized spacial score (nSPS) is 19.5. The van der Waals surface area contributed by atoms with E-state index in [1.165, 1.54) is 0 Å². The Labute approximate surface area is 108 Å². The van der Waals surface area contributed by atoms with Gasteiger partial charge in [-0.3, -0.25) is 9.36 Å². The van der Waals surface area contributed by atoms with Crippen molar-refractivity contribution in [3.63, 3.8) is 0 Å². The second-order valence-corrected chi connectivity index (χ2v) is 5.31. The summed E-state index contributed by atoms with van der Waals surface area (Å²) in [6.07, 6.45) is 5.92. The molecule has 1 aliphatic rings. The third kappa shape index (κ3) is 1.95. The van der Waals surface area contributed by atoms with Crippen molar-refractivity contribution in [2.45, 2.75) is 13.3 Å². The number of hydrogen-bond acceptors (Lipinski definition) is 4. The summed E-state index contributed by atoms with van der Waals surface area (Å²) in [5.74, 6) is 0.144. The Morgan fingerprint density at radius 1 is 1.50 bits per heavy atom. The van der Waals surface area contributed by atoms with E-state index in [2.05, 4.69) is 15.5 Å².